The minimum absolute atomic E-state index is 0.542. The molecule has 0 bridgehead atoms. The lowest BCUT2D eigenvalue weighted by atomic mass is 10.2. The van der Waals surface area contributed by atoms with Gasteiger partial charge in [0, 0.05) is 31.8 Å². The van der Waals surface area contributed by atoms with E-state index in [9.17, 15) is 4.79 Å². The van der Waals surface area contributed by atoms with E-state index < -0.39 is 0 Å². The van der Waals surface area contributed by atoms with Crippen LogP contribution in [0.2, 0.25) is 0 Å². The first-order valence-corrected chi connectivity index (χ1v) is 12.4. The summed E-state index contributed by atoms with van der Waals surface area (Å²) >= 11 is 0. The number of hydrogen-bond donors (Lipinski definition) is 2. The summed E-state index contributed by atoms with van der Waals surface area (Å²) in [6.07, 6.45) is 8.50. The van der Waals surface area contributed by atoms with Crippen LogP contribution < -0.4 is 25.3 Å². The van der Waals surface area contributed by atoms with Crippen molar-refractivity contribution in [1.29, 1.82) is 0 Å². The van der Waals surface area contributed by atoms with E-state index in [1.165, 1.54) is 11.1 Å². The number of methoxy groups -OCH3 is 4. The van der Waals surface area contributed by atoms with Crippen molar-refractivity contribution >= 4 is 6.29 Å². The van der Waals surface area contributed by atoms with Crippen LogP contribution in [0.4, 0.5) is 0 Å². The van der Waals surface area contributed by atoms with Crippen LogP contribution in [0.3, 0.4) is 0 Å². The van der Waals surface area contributed by atoms with Crippen molar-refractivity contribution in [1.82, 2.24) is 5.32 Å². The molecule has 39 heavy (non-hydrogen) atoms. The summed E-state index contributed by atoms with van der Waals surface area (Å²) in [6.45, 7) is 2.27. The van der Waals surface area contributed by atoms with Gasteiger partial charge in [-0.3, -0.25) is 0 Å². The molecule has 3 aromatic carbocycles. The van der Waals surface area contributed by atoms with Crippen LogP contribution in [-0.2, 0) is 29.2 Å². The zero-order valence-electron chi connectivity index (χ0n) is 23.0. The lowest BCUT2D eigenvalue weighted by Gasteiger charge is -2.07. The van der Waals surface area contributed by atoms with Crippen LogP contribution in [0.15, 0.2) is 102 Å². The summed E-state index contributed by atoms with van der Waals surface area (Å²) in [4.78, 5) is 10.1. The molecule has 204 valence electrons. The van der Waals surface area contributed by atoms with Crippen LogP contribution in [-0.4, -0.2) is 34.7 Å². The number of hydrogen-bond acceptors (Lipinski definition) is 7. The smallest absolute Gasteiger partial charge is 0.239 e. The normalized spacial score (nSPS) is 11.2. The molecule has 7 nitrogen and oxygen atoms in total. The van der Waals surface area contributed by atoms with Gasteiger partial charge in [-0.05, 0) is 53.1 Å². The molecule has 0 fully saturated rings. The zero-order chi connectivity index (χ0) is 28.3. The first-order chi connectivity index (χ1) is 19.0. The molecule has 0 saturated carbocycles. The van der Waals surface area contributed by atoms with E-state index in [0.717, 1.165) is 42.2 Å². The third-order valence-corrected chi connectivity index (χ3v) is 5.54. The molecule has 0 atom stereocenters. The highest BCUT2D eigenvalue weighted by molar-refractivity contribution is 5.77. The van der Waals surface area contributed by atoms with E-state index in [0.29, 0.717) is 17.9 Å². The molecule has 1 aliphatic carbocycles. The van der Waals surface area contributed by atoms with Crippen molar-refractivity contribution in [2.24, 2.45) is 5.73 Å². The van der Waals surface area contributed by atoms with E-state index in [4.69, 9.17) is 24.7 Å². The molecule has 4 rings (SSSR count). The molecular formula is C32H37N2O5+. The number of nitrogens with one attached hydrogen (secondary N) is 1. The highest BCUT2D eigenvalue weighted by Crippen LogP contribution is 2.13. The van der Waals surface area contributed by atoms with E-state index in [1.807, 2.05) is 48.5 Å². The Kier molecular flexibility index (Phi) is 14.2. The Morgan fingerprint density at radius 3 is 1.41 bits per heavy atom. The molecule has 0 amide bonds. The van der Waals surface area contributed by atoms with Gasteiger partial charge < -0.3 is 30.0 Å². The maximum atomic E-state index is 10.1. The number of benzene rings is 3. The van der Waals surface area contributed by atoms with Gasteiger partial charge in [-0.25, -0.2) is 4.79 Å². The minimum Gasteiger partial charge on any atom is -0.497 e. The van der Waals surface area contributed by atoms with Gasteiger partial charge >= 0.3 is 0 Å². The highest BCUT2D eigenvalue weighted by Gasteiger charge is 2.06. The summed E-state index contributed by atoms with van der Waals surface area (Å²) in [5.74, 6) is 3.36. The molecule has 1 aliphatic rings. The summed E-state index contributed by atoms with van der Waals surface area (Å²) < 4.78 is 20.1. The second-order valence-corrected chi connectivity index (χ2v) is 8.15. The van der Waals surface area contributed by atoms with Gasteiger partial charge in [0.05, 0.1) is 34.5 Å². The molecule has 3 aromatic rings. The third-order valence-electron chi connectivity index (χ3n) is 5.54. The van der Waals surface area contributed by atoms with Crippen LogP contribution in [0.5, 0.6) is 17.2 Å². The molecule has 0 spiro atoms. The predicted octanol–water partition coefficient (Wildman–Crippen LogP) is 5.16. The fourth-order valence-corrected chi connectivity index (χ4v) is 3.22. The second kappa shape index (κ2) is 17.9. The number of rotatable bonds is 10. The maximum absolute atomic E-state index is 10.1. The Morgan fingerprint density at radius 2 is 1.10 bits per heavy atom. The third kappa shape index (κ3) is 11.7. The maximum Gasteiger partial charge on any atom is 0.239 e. The number of allylic oxidation sites excluding steroid dienone is 5. The van der Waals surface area contributed by atoms with E-state index in [2.05, 4.69) is 35.7 Å². The van der Waals surface area contributed by atoms with Gasteiger partial charge in [0.15, 0.2) is 5.57 Å². The average molecular weight is 530 g/mol. The number of carbonyl (C=O) groups excluding carboxylic acids is 1. The van der Waals surface area contributed by atoms with Crippen molar-refractivity contribution in [2.45, 2.75) is 19.6 Å². The van der Waals surface area contributed by atoms with E-state index >= 15 is 0 Å². The SMILES string of the molecule is COC1=C[C+]=C(C=O)C=C1.COc1ccc(CN)cc1.COc1ccc(CNCc2ccc(OC)cc2)cc1. The van der Waals surface area contributed by atoms with Crippen molar-refractivity contribution in [3.8, 4) is 17.2 Å². The number of ether oxygens (including phenoxy) is 4. The van der Waals surface area contributed by atoms with Gasteiger partial charge in [-0.15, -0.1) is 0 Å². The molecule has 7 heteroatoms. The fraction of sp³-hybridized carbons (Fsp3) is 0.219. The Hall–Kier alpha value is -4.42. The average Bonchev–Trinajstić information content (AvgIpc) is 3.02. The molecule has 0 saturated heterocycles. The van der Waals surface area contributed by atoms with Crippen molar-refractivity contribution in [3.05, 3.63) is 125 Å². The van der Waals surface area contributed by atoms with Gasteiger partial charge in [0.2, 0.25) is 12.0 Å². The Morgan fingerprint density at radius 1 is 0.667 bits per heavy atom. The van der Waals surface area contributed by atoms with Gasteiger partial charge in [-0.2, -0.15) is 0 Å². The summed E-state index contributed by atoms with van der Waals surface area (Å²) in [5, 5.41) is 3.41. The monoisotopic (exact) mass is 529 g/mol. The van der Waals surface area contributed by atoms with Crippen molar-refractivity contribution in [2.75, 3.05) is 28.4 Å². The second-order valence-electron chi connectivity index (χ2n) is 8.15. The summed E-state index contributed by atoms with van der Waals surface area (Å²) in [5.41, 5.74) is 9.56. The topological polar surface area (TPSA) is 92.0 Å². The molecule has 0 radical (unpaired) electrons. The van der Waals surface area contributed by atoms with Crippen LogP contribution in [0.1, 0.15) is 16.7 Å². The van der Waals surface area contributed by atoms with Crippen LogP contribution in [0, 0.1) is 6.08 Å². The predicted molar refractivity (Wildman–Crippen MR) is 154 cm³/mol. The lowest BCUT2D eigenvalue weighted by Crippen LogP contribution is -2.12. The molecule has 0 aromatic heterocycles. The van der Waals surface area contributed by atoms with E-state index in [1.54, 1.807) is 46.7 Å². The quantitative estimate of drug-likeness (QED) is 0.277. The Bertz CT molecular complexity index is 1130. The first kappa shape index (κ1) is 30.8. The van der Waals surface area contributed by atoms with Gasteiger partial charge in [-0.1, -0.05) is 36.4 Å². The zero-order valence-corrected chi connectivity index (χ0v) is 23.0. The summed E-state index contributed by atoms with van der Waals surface area (Å²) in [6, 6.07) is 23.9. The largest absolute Gasteiger partial charge is 0.497 e. The number of nitrogens with two attached hydrogens (primary N) is 1. The molecule has 0 heterocycles. The van der Waals surface area contributed by atoms with Gasteiger partial charge in [0.1, 0.15) is 23.3 Å². The molecule has 0 unspecified atom stereocenters. The standard InChI is InChI=1S/C16H19NO2.C8H11NO.C8H7O2/c1-18-15-7-3-13(4-8-15)11-17-12-14-5-9-16(19-2)10-6-14;2*1-10-8-4-2-7(6-9)3-5-8/h3-10,17H,11-12H2,1-2H3;2-5H,6,9H2,1H3;2,4-6H,1H3/q;;+1. The van der Waals surface area contributed by atoms with Crippen molar-refractivity contribution in [3.63, 3.8) is 0 Å². The molecular weight excluding hydrogens is 492 g/mol. The summed E-state index contributed by atoms with van der Waals surface area (Å²) in [7, 11) is 6.58. The fourth-order valence-electron chi connectivity index (χ4n) is 3.22. The van der Waals surface area contributed by atoms with Crippen molar-refractivity contribution < 1.29 is 23.7 Å². The minimum atomic E-state index is 0.542. The molecule has 3 N–H and O–H groups in total. The lowest BCUT2D eigenvalue weighted by molar-refractivity contribution is -0.104. The van der Waals surface area contributed by atoms with Gasteiger partial charge in [0.25, 0.3) is 0 Å². The van der Waals surface area contributed by atoms with E-state index in [-0.39, 0.29) is 0 Å². The van der Waals surface area contributed by atoms with Crippen LogP contribution >= 0.6 is 0 Å². The first-order valence-electron chi connectivity index (χ1n) is 12.4. The Balaban J connectivity index is 0.000000225. The highest BCUT2D eigenvalue weighted by atomic mass is 16.5. The number of carbonyl (C=O) groups is 1. The Labute approximate surface area is 231 Å². The molecule has 0 aliphatic heterocycles. The van der Waals surface area contributed by atoms with Crippen LogP contribution in [0.25, 0.3) is 0 Å². The number of aldehydes is 1.